The number of rotatable bonds is 2. The summed E-state index contributed by atoms with van der Waals surface area (Å²) in [5, 5.41) is 12.0. The lowest BCUT2D eigenvalue weighted by atomic mass is 9.82. The third kappa shape index (κ3) is 1.82. The molecule has 1 nitrogen and oxygen atoms in total. The van der Waals surface area contributed by atoms with Crippen molar-refractivity contribution in [2.75, 3.05) is 0 Å². The van der Waals surface area contributed by atoms with E-state index in [-0.39, 0.29) is 5.56 Å². The standard InChI is InChI=1S/C13H13F3OS/c1-8(2)12(17,13(14,15)16)10-7-18-11-6-4-3-5-9(10)11/h3-8,17H,1-2H3. The summed E-state index contributed by atoms with van der Waals surface area (Å²) in [7, 11) is 0. The number of alkyl halides is 3. The number of thiophene rings is 1. The molecular formula is C13H13F3OS. The third-order valence-corrected chi connectivity index (χ3v) is 4.12. The Morgan fingerprint density at radius 3 is 2.33 bits per heavy atom. The van der Waals surface area contributed by atoms with Crippen LogP contribution in [0.15, 0.2) is 29.6 Å². The van der Waals surface area contributed by atoms with Crippen LogP contribution in [-0.2, 0) is 5.60 Å². The smallest absolute Gasteiger partial charge is 0.376 e. The molecule has 0 amide bonds. The highest BCUT2D eigenvalue weighted by molar-refractivity contribution is 7.17. The van der Waals surface area contributed by atoms with Crippen LogP contribution >= 0.6 is 11.3 Å². The largest absolute Gasteiger partial charge is 0.421 e. The van der Waals surface area contributed by atoms with Gasteiger partial charge in [-0.3, -0.25) is 0 Å². The van der Waals surface area contributed by atoms with Gasteiger partial charge in [0.25, 0.3) is 0 Å². The van der Waals surface area contributed by atoms with E-state index >= 15 is 0 Å². The van der Waals surface area contributed by atoms with Crippen LogP contribution in [0.25, 0.3) is 10.1 Å². The van der Waals surface area contributed by atoms with Gasteiger partial charge in [0, 0.05) is 10.3 Å². The van der Waals surface area contributed by atoms with E-state index in [0.717, 1.165) is 4.70 Å². The van der Waals surface area contributed by atoms with E-state index in [4.69, 9.17) is 0 Å². The number of hydrogen-bond acceptors (Lipinski definition) is 2. The maximum absolute atomic E-state index is 13.2. The molecule has 1 aromatic carbocycles. The highest BCUT2D eigenvalue weighted by Crippen LogP contribution is 2.47. The Morgan fingerprint density at radius 1 is 1.17 bits per heavy atom. The van der Waals surface area contributed by atoms with Crippen LogP contribution in [0.1, 0.15) is 19.4 Å². The molecule has 2 rings (SSSR count). The maximum Gasteiger partial charge on any atom is 0.421 e. The zero-order valence-corrected chi connectivity index (χ0v) is 10.8. The van der Waals surface area contributed by atoms with Gasteiger partial charge in [-0.15, -0.1) is 11.3 Å². The molecule has 0 saturated carbocycles. The molecule has 5 heteroatoms. The lowest BCUT2D eigenvalue weighted by molar-refractivity contribution is -0.282. The van der Waals surface area contributed by atoms with Gasteiger partial charge in [0.2, 0.25) is 0 Å². The van der Waals surface area contributed by atoms with Gasteiger partial charge < -0.3 is 5.11 Å². The average Bonchev–Trinajstić information content (AvgIpc) is 2.70. The Kier molecular flexibility index (Phi) is 3.15. The van der Waals surface area contributed by atoms with E-state index in [9.17, 15) is 18.3 Å². The van der Waals surface area contributed by atoms with Crippen LogP contribution in [0, 0.1) is 5.92 Å². The van der Waals surface area contributed by atoms with Crippen LogP contribution in [0.4, 0.5) is 13.2 Å². The molecule has 1 unspecified atom stereocenters. The summed E-state index contributed by atoms with van der Waals surface area (Å²) in [6.45, 7) is 2.75. The lowest BCUT2D eigenvalue weighted by Crippen LogP contribution is -2.46. The predicted octanol–water partition coefficient (Wildman–Crippen LogP) is 4.31. The number of benzene rings is 1. The zero-order valence-electron chi connectivity index (χ0n) is 9.95. The first-order valence-corrected chi connectivity index (χ1v) is 6.42. The van der Waals surface area contributed by atoms with E-state index in [1.165, 1.54) is 30.6 Å². The molecule has 0 spiro atoms. The van der Waals surface area contributed by atoms with Gasteiger partial charge in [-0.2, -0.15) is 13.2 Å². The molecule has 0 saturated heterocycles. The van der Waals surface area contributed by atoms with Crippen molar-refractivity contribution >= 4 is 21.4 Å². The second kappa shape index (κ2) is 4.24. The van der Waals surface area contributed by atoms with Crippen molar-refractivity contribution in [3.8, 4) is 0 Å². The zero-order chi connectivity index (χ0) is 13.6. The quantitative estimate of drug-likeness (QED) is 0.865. The Hall–Kier alpha value is -1.07. The van der Waals surface area contributed by atoms with E-state index in [0.29, 0.717) is 5.39 Å². The van der Waals surface area contributed by atoms with E-state index in [2.05, 4.69) is 0 Å². The van der Waals surface area contributed by atoms with Crippen LogP contribution in [0.3, 0.4) is 0 Å². The predicted molar refractivity (Wildman–Crippen MR) is 66.6 cm³/mol. The van der Waals surface area contributed by atoms with Crippen molar-refractivity contribution in [1.29, 1.82) is 0 Å². The van der Waals surface area contributed by atoms with Crippen LogP contribution < -0.4 is 0 Å². The van der Waals surface area contributed by atoms with Gasteiger partial charge >= 0.3 is 6.18 Å². The third-order valence-electron chi connectivity index (χ3n) is 3.16. The first-order valence-electron chi connectivity index (χ1n) is 5.54. The summed E-state index contributed by atoms with van der Waals surface area (Å²) in [4.78, 5) is 0. The van der Waals surface area contributed by atoms with Gasteiger partial charge in [0.05, 0.1) is 0 Å². The minimum atomic E-state index is -4.69. The monoisotopic (exact) mass is 274 g/mol. The maximum atomic E-state index is 13.2. The summed E-state index contributed by atoms with van der Waals surface area (Å²) in [6, 6.07) is 6.81. The topological polar surface area (TPSA) is 20.2 Å². The van der Waals surface area contributed by atoms with Crippen molar-refractivity contribution in [1.82, 2.24) is 0 Å². The molecule has 1 aromatic heterocycles. The van der Waals surface area contributed by atoms with Crippen molar-refractivity contribution < 1.29 is 18.3 Å². The number of hydrogen-bond donors (Lipinski definition) is 1. The normalized spacial score (nSPS) is 16.2. The fourth-order valence-electron chi connectivity index (χ4n) is 2.06. The summed E-state index contributed by atoms with van der Waals surface area (Å²) in [6.07, 6.45) is -4.69. The van der Waals surface area contributed by atoms with Crippen molar-refractivity contribution in [2.24, 2.45) is 5.92 Å². The Bertz CT molecular complexity index is 559. The van der Waals surface area contributed by atoms with E-state index in [1.54, 1.807) is 24.3 Å². The highest BCUT2D eigenvalue weighted by Gasteiger charge is 2.57. The van der Waals surface area contributed by atoms with Gasteiger partial charge in [-0.25, -0.2) is 0 Å². The average molecular weight is 274 g/mol. The second-order valence-corrected chi connectivity index (χ2v) is 5.48. The Labute approximate surface area is 107 Å². The molecule has 0 aliphatic heterocycles. The minimum absolute atomic E-state index is 0.0504. The summed E-state index contributed by atoms with van der Waals surface area (Å²) >= 11 is 1.21. The summed E-state index contributed by atoms with van der Waals surface area (Å²) in [5.41, 5.74) is -2.85. The SMILES string of the molecule is CC(C)C(O)(c1csc2ccccc12)C(F)(F)F. The molecule has 1 N–H and O–H groups in total. The summed E-state index contributed by atoms with van der Waals surface area (Å²) in [5.74, 6) is -0.949. The molecule has 0 fully saturated rings. The highest BCUT2D eigenvalue weighted by atomic mass is 32.1. The van der Waals surface area contributed by atoms with Crippen LogP contribution in [0.5, 0.6) is 0 Å². The van der Waals surface area contributed by atoms with Crippen molar-refractivity contribution in [3.63, 3.8) is 0 Å². The second-order valence-electron chi connectivity index (χ2n) is 4.56. The molecule has 1 heterocycles. The molecule has 1 atom stereocenters. The Balaban J connectivity index is 2.71. The van der Waals surface area contributed by atoms with Crippen LogP contribution in [-0.4, -0.2) is 11.3 Å². The van der Waals surface area contributed by atoms with Gasteiger partial charge in [-0.05, 0) is 22.8 Å². The minimum Gasteiger partial charge on any atom is -0.376 e. The van der Waals surface area contributed by atoms with E-state index in [1.807, 2.05) is 0 Å². The van der Waals surface area contributed by atoms with Crippen molar-refractivity contribution in [2.45, 2.75) is 25.6 Å². The lowest BCUT2D eigenvalue weighted by Gasteiger charge is -2.34. The summed E-state index contributed by atoms with van der Waals surface area (Å²) < 4.78 is 40.3. The first kappa shape index (κ1) is 13.4. The van der Waals surface area contributed by atoms with E-state index < -0.39 is 17.7 Å². The number of halogens is 3. The van der Waals surface area contributed by atoms with Gasteiger partial charge in [0.15, 0.2) is 5.60 Å². The Morgan fingerprint density at radius 2 is 1.78 bits per heavy atom. The number of aliphatic hydroxyl groups is 1. The van der Waals surface area contributed by atoms with Gasteiger partial charge in [0.1, 0.15) is 0 Å². The fourth-order valence-corrected chi connectivity index (χ4v) is 3.08. The molecular weight excluding hydrogens is 261 g/mol. The molecule has 98 valence electrons. The molecule has 0 bridgehead atoms. The first-order chi connectivity index (χ1) is 8.28. The molecule has 0 aliphatic carbocycles. The fraction of sp³-hybridized carbons (Fsp3) is 0.385. The molecule has 18 heavy (non-hydrogen) atoms. The molecule has 2 aromatic rings. The molecule has 0 radical (unpaired) electrons. The molecule has 0 aliphatic rings. The van der Waals surface area contributed by atoms with Crippen molar-refractivity contribution in [3.05, 3.63) is 35.2 Å². The van der Waals surface area contributed by atoms with Gasteiger partial charge in [-0.1, -0.05) is 32.0 Å². The van der Waals surface area contributed by atoms with Crippen LogP contribution in [0.2, 0.25) is 0 Å². The number of fused-ring (bicyclic) bond motifs is 1.